The molecule has 18 heavy (non-hydrogen) atoms. The van der Waals surface area contributed by atoms with Crippen molar-refractivity contribution in [3.8, 4) is 0 Å². The summed E-state index contributed by atoms with van der Waals surface area (Å²) in [4.78, 5) is 0. The largest absolute Gasteiger partial charge is 0.311 e. The minimum Gasteiger partial charge on any atom is -0.311 e. The van der Waals surface area contributed by atoms with Crippen molar-refractivity contribution in [2.24, 2.45) is 5.41 Å². The van der Waals surface area contributed by atoms with E-state index in [1.807, 2.05) is 6.20 Å². The van der Waals surface area contributed by atoms with Crippen LogP contribution in [0.2, 0.25) is 0 Å². The third-order valence-electron chi connectivity index (χ3n) is 4.47. The standard InChI is InChI=1S/C15H27N3/c1-12(2)18-13(8-11-17-18)14(16-4)15(3)9-6-5-7-10-15/h8,11-12,14,16H,5-7,9-10H2,1-4H3. The maximum Gasteiger partial charge on any atom is 0.0562 e. The monoisotopic (exact) mass is 249 g/mol. The fourth-order valence-corrected chi connectivity index (χ4v) is 3.49. The van der Waals surface area contributed by atoms with Crippen molar-refractivity contribution < 1.29 is 0 Å². The molecular formula is C15H27N3. The van der Waals surface area contributed by atoms with Crippen molar-refractivity contribution in [1.29, 1.82) is 0 Å². The number of hydrogen-bond acceptors (Lipinski definition) is 2. The lowest BCUT2D eigenvalue weighted by Crippen LogP contribution is -2.37. The van der Waals surface area contributed by atoms with Crippen LogP contribution in [-0.4, -0.2) is 16.8 Å². The van der Waals surface area contributed by atoms with Crippen molar-refractivity contribution in [1.82, 2.24) is 15.1 Å². The molecule has 2 rings (SSSR count). The fraction of sp³-hybridized carbons (Fsp3) is 0.800. The predicted octanol–water partition coefficient (Wildman–Crippen LogP) is 3.69. The molecule has 0 amide bonds. The van der Waals surface area contributed by atoms with E-state index in [0.29, 0.717) is 17.5 Å². The van der Waals surface area contributed by atoms with Gasteiger partial charge in [0.25, 0.3) is 0 Å². The number of aromatic nitrogens is 2. The first-order valence-corrected chi connectivity index (χ1v) is 7.29. The third-order valence-corrected chi connectivity index (χ3v) is 4.47. The van der Waals surface area contributed by atoms with E-state index in [0.717, 1.165) is 0 Å². The third kappa shape index (κ3) is 2.46. The van der Waals surface area contributed by atoms with Gasteiger partial charge in [0.1, 0.15) is 0 Å². The highest BCUT2D eigenvalue weighted by Gasteiger charge is 2.37. The van der Waals surface area contributed by atoms with Gasteiger partial charge in [0, 0.05) is 12.2 Å². The van der Waals surface area contributed by atoms with Gasteiger partial charge in [0.15, 0.2) is 0 Å². The predicted molar refractivity (Wildman–Crippen MR) is 75.6 cm³/mol. The first-order valence-electron chi connectivity index (χ1n) is 7.29. The van der Waals surface area contributed by atoms with E-state index in [9.17, 15) is 0 Å². The second-order valence-electron chi connectivity index (χ2n) is 6.23. The van der Waals surface area contributed by atoms with Gasteiger partial charge in [-0.1, -0.05) is 26.2 Å². The van der Waals surface area contributed by atoms with E-state index in [4.69, 9.17) is 0 Å². The minimum absolute atomic E-state index is 0.375. The molecule has 102 valence electrons. The van der Waals surface area contributed by atoms with Gasteiger partial charge in [-0.3, -0.25) is 4.68 Å². The fourth-order valence-electron chi connectivity index (χ4n) is 3.49. The Balaban J connectivity index is 2.29. The Kier molecular flexibility index (Phi) is 4.10. The first kappa shape index (κ1) is 13.6. The summed E-state index contributed by atoms with van der Waals surface area (Å²) in [7, 11) is 2.09. The lowest BCUT2D eigenvalue weighted by Gasteiger charge is -2.41. The Morgan fingerprint density at radius 1 is 1.28 bits per heavy atom. The number of hydrogen-bond donors (Lipinski definition) is 1. The molecule has 1 heterocycles. The van der Waals surface area contributed by atoms with Crippen LogP contribution < -0.4 is 5.32 Å². The average molecular weight is 249 g/mol. The van der Waals surface area contributed by atoms with Crippen molar-refractivity contribution in [2.75, 3.05) is 7.05 Å². The van der Waals surface area contributed by atoms with Crippen molar-refractivity contribution >= 4 is 0 Å². The second kappa shape index (κ2) is 5.43. The lowest BCUT2D eigenvalue weighted by atomic mass is 9.69. The molecular weight excluding hydrogens is 222 g/mol. The van der Waals surface area contributed by atoms with Gasteiger partial charge in [0.2, 0.25) is 0 Å². The highest BCUT2D eigenvalue weighted by atomic mass is 15.3. The van der Waals surface area contributed by atoms with E-state index < -0.39 is 0 Å². The van der Waals surface area contributed by atoms with Crippen LogP contribution in [0.25, 0.3) is 0 Å². The molecule has 3 nitrogen and oxygen atoms in total. The molecule has 3 heteroatoms. The molecule has 1 aliphatic rings. The van der Waals surface area contributed by atoms with Crippen LogP contribution in [0.4, 0.5) is 0 Å². The topological polar surface area (TPSA) is 29.9 Å². The van der Waals surface area contributed by atoms with Crippen LogP contribution in [0, 0.1) is 5.41 Å². The van der Waals surface area contributed by atoms with Crippen LogP contribution in [0.15, 0.2) is 12.3 Å². The van der Waals surface area contributed by atoms with Crippen molar-refractivity contribution in [3.05, 3.63) is 18.0 Å². The summed E-state index contributed by atoms with van der Waals surface area (Å²) < 4.78 is 2.17. The summed E-state index contributed by atoms with van der Waals surface area (Å²) in [6.45, 7) is 6.84. The molecule has 1 aliphatic carbocycles. The SMILES string of the molecule is CNC(c1ccnn1C(C)C)C1(C)CCCCC1. The van der Waals surface area contributed by atoms with Gasteiger partial charge in [-0.25, -0.2) is 0 Å². The Hall–Kier alpha value is -0.830. The van der Waals surface area contributed by atoms with Gasteiger partial charge in [-0.2, -0.15) is 5.10 Å². The minimum atomic E-state index is 0.375. The van der Waals surface area contributed by atoms with Crippen LogP contribution in [0.1, 0.15) is 70.7 Å². The smallest absolute Gasteiger partial charge is 0.0562 e. The molecule has 1 fully saturated rings. The summed E-state index contributed by atoms with van der Waals surface area (Å²) in [5.41, 5.74) is 1.72. The highest BCUT2D eigenvalue weighted by molar-refractivity contribution is 5.12. The molecule has 0 spiro atoms. The molecule has 1 atom stereocenters. The Morgan fingerprint density at radius 3 is 2.50 bits per heavy atom. The molecule has 1 N–H and O–H groups in total. The molecule has 1 unspecified atom stereocenters. The quantitative estimate of drug-likeness (QED) is 0.882. The van der Waals surface area contributed by atoms with Crippen LogP contribution in [0.5, 0.6) is 0 Å². The summed E-state index contributed by atoms with van der Waals surface area (Å²) >= 11 is 0. The molecule has 0 aromatic carbocycles. The van der Waals surface area contributed by atoms with Gasteiger partial charge >= 0.3 is 0 Å². The zero-order chi connectivity index (χ0) is 13.2. The molecule has 0 saturated heterocycles. The average Bonchev–Trinajstić information content (AvgIpc) is 2.79. The second-order valence-corrected chi connectivity index (χ2v) is 6.23. The maximum atomic E-state index is 4.49. The van der Waals surface area contributed by atoms with E-state index in [-0.39, 0.29) is 0 Å². The summed E-state index contributed by atoms with van der Waals surface area (Å²) in [6.07, 6.45) is 8.71. The van der Waals surface area contributed by atoms with Crippen LogP contribution in [0.3, 0.4) is 0 Å². The molecule has 0 radical (unpaired) electrons. The zero-order valence-corrected chi connectivity index (χ0v) is 12.2. The normalized spacial score (nSPS) is 21.2. The highest BCUT2D eigenvalue weighted by Crippen LogP contribution is 2.45. The van der Waals surface area contributed by atoms with Crippen molar-refractivity contribution in [2.45, 2.75) is 65.0 Å². The zero-order valence-electron chi connectivity index (χ0n) is 12.2. The van der Waals surface area contributed by atoms with E-state index in [2.05, 4.69) is 49.0 Å². The van der Waals surface area contributed by atoms with E-state index in [1.165, 1.54) is 37.8 Å². The number of nitrogens with one attached hydrogen (secondary N) is 1. The van der Waals surface area contributed by atoms with Gasteiger partial charge in [-0.05, 0) is 45.2 Å². The van der Waals surface area contributed by atoms with E-state index in [1.54, 1.807) is 0 Å². The number of nitrogens with zero attached hydrogens (tertiary/aromatic N) is 2. The Morgan fingerprint density at radius 2 is 1.94 bits per heavy atom. The first-order chi connectivity index (χ1) is 8.58. The lowest BCUT2D eigenvalue weighted by molar-refractivity contribution is 0.143. The molecule has 1 aromatic heterocycles. The van der Waals surface area contributed by atoms with Gasteiger partial charge < -0.3 is 5.32 Å². The molecule has 1 saturated carbocycles. The van der Waals surface area contributed by atoms with Crippen molar-refractivity contribution in [3.63, 3.8) is 0 Å². The Labute approximate surface area is 111 Å². The Bertz CT molecular complexity index is 375. The summed E-state index contributed by atoms with van der Waals surface area (Å²) in [6, 6.07) is 3.03. The van der Waals surface area contributed by atoms with E-state index >= 15 is 0 Å². The summed E-state index contributed by atoms with van der Waals surface area (Å²) in [5, 5.41) is 8.04. The van der Waals surface area contributed by atoms with Crippen LogP contribution in [-0.2, 0) is 0 Å². The summed E-state index contributed by atoms with van der Waals surface area (Å²) in [5.74, 6) is 0. The number of rotatable bonds is 4. The molecule has 0 aliphatic heterocycles. The van der Waals surface area contributed by atoms with Crippen LogP contribution >= 0.6 is 0 Å². The van der Waals surface area contributed by atoms with Gasteiger partial charge in [-0.15, -0.1) is 0 Å². The molecule has 1 aromatic rings. The van der Waals surface area contributed by atoms with Gasteiger partial charge in [0.05, 0.1) is 11.7 Å². The molecule has 0 bridgehead atoms. The maximum absolute atomic E-state index is 4.49.